The van der Waals surface area contributed by atoms with E-state index < -0.39 is 0 Å². The molecule has 2 atom stereocenters. The van der Waals surface area contributed by atoms with Crippen LogP contribution in [0, 0.1) is 5.92 Å². The molecule has 1 fully saturated rings. The van der Waals surface area contributed by atoms with Gasteiger partial charge in [0.2, 0.25) is 0 Å². The molecule has 0 radical (unpaired) electrons. The lowest BCUT2D eigenvalue weighted by Gasteiger charge is -2.30. The second-order valence-electron chi connectivity index (χ2n) is 7.43. The van der Waals surface area contributed by atoms with E-state index in [1.165, 1.54) is 25.9 Å². The second kappa shape index (κ2) is 9.12. The molecule has 144 valence electrons. The fourth-order valence-electron chi connectivity index (χ4n) is 3.65. The van der Waals surface area contributed by atoms with E-state index >= 15 is 0 Å². The van der Waals surface area contributed by atoms with E-state index in [2.05, 4.69) is 22.5 Å². The minimum absolute atomic E-state index is 0.0891. The third-order valence-electron chi connectivity index (χ3n) is 5.09. The topological polar surface area (TPSA) is 62.8 Å². The van der Waals surface area contributed by atoms with Gasteiger partial charge in [-0.1, -0.05) is 13.0 Å². The Morgan fingerprint density at radius 3 is 2.92 bits per heavy atom. The number of carbonyl (C=O) groups excluding carboxylic acids is 1. The first-order valence-corrected chi connectivity index (χ1v) is 9.78. The molecule has 2 aliphatic rings. The fourth-order valence-corrected chi connectivity index (χ4v) is 3.65. The van der Waals surface area contributed by atoms with Gasteiger partial charge in [0.15, 0.2) is 11.5 Å². The average Bonchev–Trinajstić information content (AvgIpc) is 2.65. The Balaban J connectivity index is 1.37. The molecule has 26 heavy (non-hydrogen) atoms. The van der Waals surface area contributed by atoms with Gasteiger partial charge in [0.1, 0.15) is 13.2 Å². The molecule has 0 aliphatic carbocycles. The molecule has 2 N–H and O–H groups in total. The SMILES string of the molecule is CC1CCCN(CCCNC(=O)NC(C)c2ccc3c(c2)OCCO3)C1. The van der Waals surface area contributed by atoms with Crippen molar-refractivity contribution in [2.45, 2.75) is 39.2 Å². The lowest BCUT2D eigenvalue weighted by atomic mass is 10.0. The van der Waals surface area contributed by atoms with E-state index in [0.717, 1.165) is 35.9 Å². The summed E-state index contributed by atoms with van der Waals surface area (Å²) in [4.78, 5) is 14.6. The Morgan fingerprint density at radius 2 is 2.12 bits per heavy atom. The summed E-state index contributed by atoms with van der Waals surface area (Å²) in [6.07, 6.45) is 3.62. The zero-order chi connectivity index (χ0) is 18.4. The number of nitrogens with zero attached hydrogens (tertiary/aromatic N) is 1. The summed E-state index contributed by atoms with van der Waals surface area (Å²) < 4.78 is 11.1. The Hall–Kier alpha value is -1.95. The van der Waals surface area contributed by atoms with Crippen LogP contribution in [0.4, 0.5) is 4.79 Å². The number of fused-ring (bicyclic) bond motifs is 1. The van der Waals surface area contributed by atoms with Gasteiger partial charge in [0.05, 0.1) is 6.04 Å². The Labute approximate surface area is 156 Å². The second-order valence-corrected chi connectivity index (χ2v) is 7.43. The van der Waals surface area contributed by atoms with Crippen LogP contribution in [0.2, 0.25) is 0 Å². The fraction of sp³-hybridized carbons (Fsp3) is 0.650. The van der Waals surface area contributed by atoms with Gasteiger partial charge < -0.3 is 25.0 Å². The summed E-state index contributed by atoms with van der Waals surface area (Å²) >= 11 is 0. The lowest BCUT2D eigenvalue weighted by Crippen LogP contribution is -2.39. The Morgan fingerprint density at radius 1 is 1.31 bits per heavy atom. The van der Waals surface area contributed by atoms with Gasteiger partial charge in [-0.15, -0.1) is 0 Å². The first kappa shape index (κ1) is 18.8. The number of hydrogen-bond acceptors (Lipinski definition) is 4. The average molecular weight is 361 g/mol. The van der Waals surface area contributed by atoms with Crippen molar-refractivity contribution in [3.8, 4) is 11.5 Å². The molecule has 2 amide bonds. The highest BCUT2D eigenvalue weighted by molar-refractivity contribution is 5.74. The molecule has 0 spiro atoms. The van der Waals surface area contributed by atoms with Crippen LogP contribution in [0.5, 0.6) is 11.5 Å². The molecule has 0 saturated carbocycles. The summed E-state index contributed by atoms with van der Waals surface area (Å²) in [5, 5.41) is 5.95. The minimum atomic E-state index is -0.126. The van der Waals surface area contributed by atoms with E-state index in [9.17, 15) is 4.79 Å². The number of nitrogens with one attached hydrogen (secondary N) is 2. The maximum absolute atomic E-state index is 12.1. The molecule has 0 aromatic heterocycles. The van der Waals surface area contributed by atoms with Gasteiger partial charge in [0.25, 0.3) is 0 Å². The van der Waals surface area contributed by atoms with Crippen molar-refractivity contribution >= 4 is 6.03 Å². The molecule has 2 aliphatic heterocycles. The van der Waals surface area contributed by atoms with E-state index in [1.807, 2.05) is 25.1 Å². The molecule has 6 nitrogen and oxygen atoms in total. The van der Waals surface area contributed by atoms with Gasteiger partial charge in [0, 0.05) is 13.1 Å². The summed E-state index contributed by atoms with van der Waals surface area (Å²) in [5.74, 6) is 2.31. The van der Waals surface area contributed by atoms with Crippen LogP contribution in [0.1, 0.15) is 44.7 Å². The van der Waals surface area contributed by atoms with Gasteiger partial charge in [-0.3, -0.25) is 0 Å². The number of carbonyl (C=O) groups is 1. The van der Waals surface area contributed by atoms with Crippen LogP contribution in [-0.4, -0.2) is 50.3 Å². The number of likely N-dealkylation sites (tertiary alicyclic amines) is 1. The first-order valence-electron chi connectivity index (χ1n) is 9.78. The van der Waals surface area contributed by atoms with Crippen molar-refractivity contribution in [3.63, 3.8) is 0 Å². The molecule has 2 unspecified atom stereocenters. The van der Waals surface area contributed by atoms with Crippen molar-refractivity contribution in [2.24, 2.45) is 5.92 Å². The zero-order valence-corrected chi connectivity index (χ0v) is 15.9. The monoisotopic (exact) mass is 361 g/mol. The van der Waals surface area contributed by atoms with Crippen LogP contribution in [-0.2, 0) is 0 Å². The number of benzene rings is 1. The zero-order valence-electron chi connectivity index (χ0n) is 15.9. The van der Waals surface area contributed by atoms with Crippen molar-refractivity contribution in [2.75, 3.05) is 39.4 Å². The van der Waals surface area contributed by atoms with Gasteiger partial charge >= 0.3 is 6.03 Å². The van der Waals surface area contributed by atoms with Crippen molar-refractivity contribution in [3.05, 3.63) is 23.8 Å². The number of piperidine rings is 1. The van der Waals surface area contributed by atoms with Crippen LogP contribution in [0.3, 0.4) is 0 Å². The maximum atomic E-state index is 12.1. The van der Waals surface area contributed by atoms with Crippen LogP contribution < -0.4 is 20.1 Å². The summed E-state index contributed by atoms with van der Waals surface area (Å²) in [6.45, 7) is 9.57. The predicted molar refractivity (Wildman–Crippen MR) is 102 cm³/mol. The third-order valence-corrected chi connectivity index (χ3v) is 5.09. The molecule has 1 aromatic rings. The normalized spacial score (nSPS) is 21.1. The third kappa shape index (κ3) is 5.27. The standard InChI is InChI=1S/C20H31N3O3/c1-15-5-3-9-23(14-15)10-4-8-21-20(24)22-16(2)17-6-7-18-19(13-17)26-12-11-25-18/h6-7,13,15-16H,3-5,8-12,14H2,1-2H3,(H2,21,22,24). The Kier molecular flexibility index (Phi) is 6.61. The molecule has 2 heterocycles. The highest BCUT2D eigenvalue weighted by Crippen LogP contribution is 2.32. The number of ether oxygens (including phenoxy) is 2. The molecule has 0 bridgehead atoms. The van der Waals surface area contributed by atoms with Gasteiger partial charge in [-0.2, -0.15) is 0 Å². The van der Waals surface area contributed by atoms with Crippen LogP contribution in [0.25, 0.3) is 0 Å². The number of urea groups is 1. The van der Waals surface area contributed by atoms with Crippen molar-refractivity contribution in [1.82, 2.24) is 15.5 Å². The lowest BCUT2D eigenvalue weighted by molar-refractivity contribution is 0.171. The summed E-state index contributed by atoms with van der Waals surface area (Å²) in [7, 11) is 0. The van der Waals surface area contributed by atoms with Crippen LogP contribution in [0.15, 0.2) is 18.2 Å². The van der Waals surface area contributed by atoms with Crippen LogP contribution >= 0.6 is 0 Å². The summed E-state index contributed by atoms with van der Waals surface area (Å²) in [5.41, 5.74) is 1.01. The molecule has 6 heteroatoms. The first-order chi connectivity index (χ1) is 12.6. The largest absolute Gasteiger partial charge is 0.486 e. The molecular weight excluding hydrogens is 330 g/mol. The number of amides is 2. The van der Waals surface area contributed by atoms with Crippen molar-refractivity contribution < 1.29 is 14.3 Å². The van der Waals surface area contributed by atoms with E-state index in [0.29, 0.717) is 19.8 Å². The van der Waals surface area contributed by atoms with Gasteiger partial charge in [-0.25, -0.2) is 4.79 Å². The highest BCUT2D eigenvalue weighted by atomic mass is 16.6. The van der Waals surface area contributed by atoms with E-state index in [-0.39, 0.29) is 12.1 Å². The summed E-state index contributed by atoms with van der Waals surface area (Å²) in [6, 6.07) is 5.60. The van der Waals surface area contributed by atoms with Gasteiger partial charge in [-0.05, 0) is 62.9 Å². The quantitative estimate of drug-likeness (QED) is 0.765. The van der Waals surface area contributed by atoms with E-state index in [4.69, 9.17) is 9.47 Å². The number of rotatable bonds is 6. The maximum Gasteiger partial charge on any atom is 0.315 e. The highest BCUT2D eigenvalue weighted by Gasteiger charge is 2.17. The molecule has 3 rings (SSSR count). The van der Waals surface area contributed by atoms with E-state index in [1.54, 1.807) is 0 Å². The van der Waals surface area contributed by atoms with Crippen molar-refractivity contribution in [1.29, 1.82) is 0 Å². The molecular formula is C20H31N3O3. The minimum Gasteiger partial charge on any atom is -0.486 e. The number of hydrogen-bond donors (Lipinski definition) is 2. The smallest absolute Gasteiger partial charge is 0.315 e. The molecule has 1 saturated heterocycles. The predicted octanol–water partition coefficient (Wildman–Crippen LogP) is 2.94. The molecule has 1 aromatic carbocycles. The Bertz CT molecular complexity index is 608.